The van der Waals surface area contributed by atoms with Crippen molar-refractivity contribution in [2.24, 2.45) is 5.92 Å². The number of rotatable bonds is 6. The molecule has 5 heteroatoms. The second kappa shape index (κ2) is 9.07. The van der Waals surface area contributed by atoms with Gasteiger partial charge in [-0.15, -0.1) is 0 Å². The Hall–Kier alpha value is -2.35. The molecule has 2 amide bonds. The van der Waals surface area contributed by atoms with Crippen LogP contribution in [0.2, 0.25) is 0 Å². The summed E-state index contributed by atoms with van der Waals surface area (Å²) in [5.74, 6) is -0.904. The Kier molecular flexibility index (Phi) is 6.80. The zero-order valence-electron chi connectivity index (χ0n) is 14.3. The Morgan fingerprint density at radius 1 is 1.29 bits per heavy atom. The maximum absolute atomic E-state index is 12.6. The first-order chi connectivity index (χ1) is 11.7. The van der Waals surface area contributed by atoms with Crippen LogP contribution in [0.4, 0.5) is 0 Å². The number of hydrogen-bond donors (Lipinski definition) is 0. The lowest BCUT2D eigenvalue weighted by atomic mass is 9.99. The van der Waals surface area contributed by atoms with Gasteiger partial charge in [0.25, 0.3) is 0 Å². The van der Waals surface area contributed by atoms with Crippen LogP contribution in [0, 0.1) is 17.2 Å². The Labute approximate surface area is 143 Å². The highest BCUT2D eigenvalue weighted by atomic mass is 16.2. The van der Waals surface area contributed by atoms with E-state index in [-0.39, 0.29) is 18.4 Å². The molecule has 1 unspecified atom stereocenters. The van der Waals surface area contributed by atoms with Crippen molar-refractivity contribution in [2.45, 2.75) is 32.6 Å². The van der Waals surface area contributed by atoms with E-state index in [0.29, 0.717) is 25.9 Å². The molecule has 1 fully saturated rings. The maximum Gasteiger partial charge on any atom is 0.242 e. The van der Waals surface area contributed by atoms with E-state index in [2.05, 4.69) is 6.07 Å². The average molecular weight is 327 g/mol. The molecular formula is C19H25N3O2. The minimum absolute atomic E-state index is 0.0116. The van der Waals surface area contributed by atoms with Gasteiger partial charge in [-0.25, -0.2) is 0 Å². The Bertz CT molecular complexity index is 594. The molecule has 1 saturated heterocycles. The predicted molar refractivity (Wildman–Crippen MR) is 91.9 cm³/mol. The first kappa shape index (κ1) is 18.0. The molecular weight excluding hydrogens is 302 g/mol. The molecule has 1 aliphatic heterocycles. The van der Waals surface area contributed by atoms with Crippen molar-refractivity contribution in [3.05, 3.63) is 35.9 Å². The third-order valence-electron chi connectivity index (χ3n) is 4.36. The number of aryl methyl sites for hydroxylation is 1. The van der Waals surface area contributed by atoms with E-state index in [4.69, 9.17) is 0 Å². The number of benzene rings is 1. The molecule has 0 saturated carbocycles. The molecule has 2 rings (SSSR count). The van der Waals surface area contributed by atoms with Gasteiger partial charge in [-0.3, -0.25) is 9.59 Å². The monoisotopic (exact) mass is 327 g/mol. The summed E-state index contributed by atoms with van der Waals surface area (Å²) in [5.41, 5.74) is 1.12. The third kappa shape index (κ3) is 4.82. The van der Waals surface area contributed by atoms with Gasteiger partial charge >= 0.3 is 0 Å². The van der Waals surface area contributed by atoms with Crippen molar-refractivity contribution in [2.75, 3.05) is 26.2 Å². The van der Waals surface area contributed by atoms with Crippen LogP contribution in [0.3, 0.4) is 0 Å². The van der Waals surface area contributed by atoms with E-state index in [1.807, 2.05) is 42.2 Å². The highest BCUT2D eigenvalue weighted by molar-refractivity contribution is 5.87. The summed E-state index contributed by atoms with van der Waals surface area (Å²) in [4.78, 5) is 28.3. The molecule has 1 heterocycles. The van der Waals surface area contributed by atoms with Crippen molar-refractivity contribution in [1.29, 1.82) is 5.26 Å². The molecule has 1 aromatic rings. The quantitative estimate of drug-likeness (QED) is 0.805. The van der Waals surface area contributed by atoms with E-state index in [1.54, 1.807) is 4.90 Å². The van der Waals surface area contributed by atoms with Crippen LogP contribution >= 0.6 is 0 Å². The number of nitriles is 1. The van der Waals surface area contributed by atoms with Crippen molar-refractivity contribution < 1.29 is 9.59 Å². The van der Waals surface area contributed by atoms with Crippen molar-refractivity contribution in [1.82, 2.24) is 9.80 Å². The lowest BCUT2D eigenvalue weighted by molar-refractivity contribution is -0.140. The van der Waals surface area contributed by atoms with Crippen LogP contribution in [0.25, 0.3) is 0 Å². The number of amides is 2. The molecule has 0 aromatic heterocycles. The number of nitrogens with zero attached hydrogens (tertiary/aromatic N) is 3. The SMILES string of the molecule is CCCN1CCCN(C(=O)C(C#N)CCc2ccccc2)CC1=O. The van der Waals surface area contributed by atoms with Gasteiger partial charge in [0.05, 0.1) is 12.6 Å². The highest BCUT2D eigenvalue weighted by Gasteiger charge is 2.29. The first-order valence-corrected chi connectivity index (χ1v) is 8.65. The second-order valence-corrected chi connectivity index (χ2v) is 6.20. The fraction of sp³-hybridized carbons (Fsp3) is 0.526. The summed E-state index contributed by atoms with van der Waals surface area (Å²) in [5, 5.41) is 9.38. The zero-order chi connectivity index (χ0) is 17.4. The van der Waals surface area contributed by atoms with Gasteiger partial charge < -0.3 is 9.80 Å². The summed E-state index contributed by atoms with van der Waals surface area (Å²) < 4.78 is 0. The summed E-state index contributed by atoms with van der Waals surface area (Å²) in [7, 11) is 0. The van der Waals surface area contributed by atoms with Gasteiger partial charge in [0, 0.05) is 19.6 Å². The first-order valence-electron chi connectivity index (χ1n) is 8.65. The minimum atomic E-state index is -0.685. The second-order valence-electron chi connectivity index (χ2n) is 6.20. The molecule has 1 atom stereocenters. The molecule has 1 aromatic carbocycles. The Balaban J connectivity index is 1.95. The molecule has 5 nitrogen and oxygen atoms in total. The van der Waals surface area contributed by atoms with E-state index in [9.17, 15) is 14.9 Å². The summed E-state index contributed by atoms with van der Waals surface area (Å²) in [6.45, 7) is 4.11. The molecule has 24 heavy (non-hydrogen) atoms. The normalized spacial score (nSPS) is 16.4. The number of hydrogen-bond acceptors (Lipinski definition) is 3. The molecule has 0 radical (unpaired) electrons. The topological polar surface area (TPSA) is 64.4 Å². The van der Waals surface area contributed by atoms with E-state index in [0.717, 1.165) is 24.9 Å². The zero-order valence-corrected chi connectivity index (χ0v) is 14.3. The van der Waals surface area contributed by atoms with E-state index in [1.165, 1.54) is 0 Å². The predicted octanol–water partition coefficient (Wildman–Crippen LogP) is 2.23. The van der Waals surface area contributed by atoms with Crippen LogP contribution < -0.4 is 0 Å². The number of carbonyl (C=O) groups is 2. The van der Waals surface area contributed by atoms with E-state index < -0.39 is 5.92 Å². The lowest BCUT2D eigenvalue weighted by Crippen LogP contribution is -2.42. The van der Waals surface area contributed by atoms with Gasteiger partial charge in [0.2, 0.25) is 11.8 Å². The average Bonchev–Trinajstić information content (AvgIpc) is 2.78. The standard InChI is InChI=1S/C19H25N3O2/c1-2-11-21-12-6-13-22(15-18(21)23)19(24)17(14-20)10-9-16-7-4-3-5-8-16/h3-5,7-8,17H,2,6,9-13,15H2,1H3. The number of carbonyl (C=O) groups excluding carboxylic acids is 2. The van der Waals surface area contributed by atoms with E-state index >= 15 is 0 Å². The van der Waals surface area contributed by atoms with Crippen molar-refractivity contribution in [3.63, 3.8) is 0 Å². The Morgan fingerprint density at radius 2 is 2.04 bits per heavy atom. The van der Waals surface area contributed by atoms with Gasteiger partial charge in [-0.2, -0.15) is 5.26 Å². The summed E-state index contributed by atoms with van der Waals surface area (Å²) >= 11 is 0. The minimum Gasteiger partial charge on any atom is -0.341 e. The largest absolute Gasteiger partial charge is 0.341 e. The van der Waals surface area contributed by atoms with Crippen molar-refractivity contribution in [3.8, 4) is 6.07 Å². The van der Waals surface area contributed by atoms with Gasteiger partial charge in [-0.1, -0.05) is 37.3 Å². The Morgan fingerprint density at radius 3 is 2.71 bits per heavy atom. The third-order valence-corrected chi connectivity index (χ3v) is 4.36. The fourth-order valence-electron chi connectivity index (χ4n) is 3.03. The van der Waals surface area contributed by atoms with Crippen LogP contribution in [-0.2, 0) is 16.0 Å². The lowest BCUT2D eigenvalue weighted by Gasteiger charge is -2.23. The van der Waals surface area contributed by atoms with Crippen LogP contribution in [0.1, 0.15) is 31.7 Å². The molecule has 0 spiro atoms. The van der Waals surface area contributed by atoms with Crippen molar-refractivity contribution >= 4 is 11.8 Å². The molecule has 0 aliphatic carbocycles. The maximum atomic E-state index is 12.6. The molecule has 0 N–H and O–H groups in total. The molecule has 0 bridgehead atoms. The van der Waals surface area contributed by atoms with Gasteiger partial charge in [-0.05, 0) is 31.2 Å². The van der Waals surface area contributed by atoms with Crippen LogP contribution in [0.5, 0.6) is 0 Å². The van der Waals surface area contributed by atoms with Crippen LogP contribution in [-0.4, -0.2) is 47.8 Å². The van der Waals surface area contributed by atoms with Gasteiger partial charge in [0.1, 0.15) is 5.92 Å². The molecule has 128 valence electrons. The van der Waals surface area contributed by atoms with Crippen LogP contribution in [0.15, 0.2) is 30.3 Å². The summed E-state index contributed by atoms with van der Waals surface area (Å²) in [6.07, 6.45) is 2.86. The van der Waals surface area contributed by atoms with Gasteiger partial charge in [0.15, 0.2) is 0 Å². The fourth-order valence-corrected chi connectivity index (χ4v) is 3.03. The smallest absolute Gasteiger partial charge is 0.242 e. The molecule has 1 aliphatic rings. The summed E-state index contributed by atoms with van der Waals surface area (Å²) in [6, 6.07) is 12.0. The highest BCUT2D eigenvalue weighted by Crippen LogP contribution is 2.15.